The number of alkyl halides is 2. The van der Waals surface area contributed by atoms with Crippen molar-refractivity contribution in [3.8, 4) is 11.4 Å². The molecular formula is C25H19ClF2N2O3S2. The number of thioether (sulfide) groups is 1. The van der Waals surface area contributed by atoms with Gasteiger partial charge in [0, 0.05) is 15.5 Å². The van der Waals surface area contributed by atoms with Crippen LogP contribution in [-0.2, 0) is 12.8 Å². The van der Waals surface area contributed by atoms with Crippen LogP contribution in [0.2, 0.25) is 5.02 Å². The van der Waals surface area contributed by atoms with E-state index in [0.29, 0.717) is 31.6 Å². The van der Waals surface area contributed by atoms with E-state index in [1.165, 1.54) is 45.0 Å². The van der Waals surface area contributed by atoms with E-state index in [4.69, 9.17) is 16.6 Å². The Hall–Kier alpha value is -2.75. The van der Waals surface area contributed by atoms with E-state index in [2.05, 4.69) is 4.74 Å². The molecule has 2 heterocycles. The van der Waals surface area contributed by atoms with E-state index in [9.17, 15) is 18.4 Å². The van der Waals surface area contributed by atoms with Gasteiger partial charge < -0.3 is 4.74 Å². The van der Waals surface area contributed by atoms with Gasteiger partial charge in [-0.1, -0.05) is 23.4 Å². The summed E-state index contributed by atoms with van der Waals surface area (Å²) < 4.78 is 31.1. The third kappa shape index (κ3) is 4.98. The lowest BCUT2D eigenvalue weighted by Gasteiger charge is -2.14. The molecule has 0 fully saturated rings. The number of aromatic nitrogens is 2. The van der Waals surface area contributed by atoms with Gasteiger partial charge in [0.25, 0.3) is 5.56 Å². The topological polar surface area (TPSA) is 61.2 Å². The monoisotopic (exact) mass is 532 g/mol. The molecule has 0 bridgehead atoms. The highest BCUT2D eigenvalue weighted by molar-refractivity contribution is 7.99. The molecule has 1 aliphatic carbocycles. The van der Waals surface area contributed by atoms with Crippen LogP contribution in [0.3, 0.4) is 0 Å². The zero-order valence-corrected chi connectivity index (χ0v) is 20.7. The molecular weight excluding hydrogens is 514 g/mol. The van der Waals surface area contributed by atoms with E-state index in [1.807, 2.05) is 0 Å². The molecule has 35 heavy (non-hydrogen) atoms. The van der Waals surface area contributed by atoms with Crippen LogP contribution < -0.4 is 10.3 Å². The molecule has 1 aliphatic rings. The van der Waals surface area contributed by atoms with E-state index in [0.717, 1.165) is 43.0 Å². The standard InChI is InChI=1S/C25H19ClF2N2O3S2/c26-15-7-5-14(6-8-15)19(31)13-34-25-29-22-21(18-3-1-2-4-20(18)35-22)23(32)30(25)16-9-11-17(12-10-16)33-24(27)28/h5-12,24H,1-4,13H2. The molecule has 4 aromatic rings. The van der Waals surface area contributed by atoms with Gasteiger partial charge in [0.2, 0.25) is 0 Å². The Morgan fingerprint density at radius 2 is 1.83 bits per heavy atom. The minimum absolute atomic E-state index is 0.00846. The van der Waals surface area contributed by atoms with Crippen molar-refractivity contribution >= 4 is 50.7 Å². The first-order valence-electron chi connectivity index (χ1n) is 10.9. The number of ether oxygens (including phenoxy) is 1. The molecule has 5 nitrogen and oxygen atoms in total. The Labute approximate surface area is 212 Å². The quantitative estimate of drug-likeness (QED) is 0.153. The van der Waals surface area contributed by atoms with Crippen LogP contribution in [0.1, 0.15) is 33.6 Å². The predicted molar refractivity (Wildman–Crippen MR) is 135 cm³/mol. The Balaban J connectivity index is 1.56. The molecule has 5 rings (SSSR count). The molecule has 0 aliphatic heterocycles. The van der Waals surface area contributed by atoms with E-state index in [1.54, 1.807) is 24.3 Å². The number of nitrogens with zero attached hydrogens (tertiary/aromatic N) is 2. The number of ketones is 1. The Morgan fingerprint density at radius 3 is 2.54 bits per heavy atom. The summed E-state index contributed by atoms with van der Waals surface area (Å²) in [6, 6.07) is 12.5. The number of halogens is 3. The molecule has 0 spiro atoms. The summed E-state index contributed by atoms with van der Waals surface area (Å²) in [6.45, 7) is -2.94. The van der Waals surface area contributed by atoms with E-state index >= 15 is 0 Å². The molecule has 0 saturated heterocycles. The SMILES string of the molecule is O=C(CSc1nc2sc3c(c2c(=O)n1-c1ccc(OC(F)F)cc1)CCCC3)c1ccc(Cl)cc1. The van der Waals surface area contributed by atoms with Gasteiger partial charge in [0.05, 0.1) is 16.8 Å². The fourth-order valence-corrected chi connectivity index (χ4v) is 6.47. The van der Waals surface area contributed by atoms with Gasteiger partial charge in [0.1, 0.15) is 10.6 Å². The van der Waals surface area contributed by atoms with Crippen molar-refractivity contribution in [1.82, 2.24) is 9.55 Å². The third-order valence-corrected chi connectivity index (χ3v) is 8.15. The Morgan fingerprint density at radius 1 is 1.11 bits per heavy atom. The fourth-order valence-electron chi connectivity index (χ4n) is 4.14. The van der Waals surface area contributed by atoms with Crippen molar-refractivity contribution in [2.45, 2.75) is 37.5 Å². The van der Waals surface area contributed by atoms with E-state index < -0.39 is 6.61 Å². The van der Waals surface area contributed by atoms with Crippen molar-refractivity contribution in [2.75, 3.05) is 5.75 Å². The molecule has 0 unspecified atom stereocenters. The lowest BCUT2D eigenvalue weighted by molar-refractivity contribution is -0.0498. The molecule has 10 heteroatoms. The molecule has 0 radical (unpaired) electrons. The molecule has 2 aromatic carbocycles. The fraction of sp³-hybridized carbons (Fsp3) is 0.240. The third-order valence-electron chi connectivity index (χ3n) is 5.78. The minimum atomic E-state index is -2.94. The van der Waals surface area contributed by atoms with Gasteiger partial charge in [0.15, 0.2) is 10.9 Å². The number of benzene rings is 2. The summed E-state index contributed by atoms with van der Waals surface area (Å²) in [7, 11) is 0. The van der Waals surface area contributed by atoms with Crippen molar-refractivity contribution in [2.24, 2.45) is 0 Å². The molecule has 0 atom stereocenters. The highest BCUT2D eigenvalue weighted by Crippen LogP contribution is 2.35. The van der Waals surface area contributed by atoms with Crippen LogP contribution in [0.5, 0.6) is 5.75 Å². The lowest BCUT2D eigenvalue weighted by Crippen LogP contribution is -2.22. The number of fused-ring (bicyclic) bond motifs is 3. The summed E-state index contributed by atoms with van der Waals surface area (Å²) in [4.78, 5) is 33.2. The van der Waals surface area contributed by atoms with Crippen molar-refractivity contribution in [1.29, 1.82) is 0 Å². The van der Waals surface area contributed by atoms with Crippen molar-refractivity contribution in [3.05, 3.63) is 79.9 Å². The number of thiophene rings is 1. The number of hydrogen-bond acceptors (Lipinski definition) is 6. The van der Waals surface area contributed by atoms with Gasteiger partial charge in [-0.05, 0) is 79.8 Å². The minimum Gasteiger partial charge on any atom is -0.435 e. The van der Waals surface area contributed by atoms with Crippen LogP contribution in [0.15, 0.2) is 58.5 Å². The number of rotatable bonds is 7. The first kappa shape index (κ1) is 24.0. The second-order valence-electron chi connectivity index (χ2n) is 8.02. The van der Waals surface area contributed by atoms with Gasteiger partial charge in [-0.15, -0.1) is 11.3 Å². The number of carbonyl (C=O) groups is 1. The smallest absolute Gasteiger partial charge is 0.387 e. The van der Waals surface area contributed by atoms with E-state index in [-0.39, 0.29) is 22.8 Å². The summed E-state index contributed by atoms with van der Waals surface area (Å²) in [5.74, 6) is -0.0679. The molecule has 0 N–H and O–H groups in total. The average molecular weight is 533 g/mol. The summed E-state index contributed by atoms with van der Waals surface area (Å²) in [5.41, 5.74) is 1.80. The molecule has 0 saturated carbocycles. The maximum atomic E-state index is 13.8. The summed E-state index contributed by atoms with van der Waals surface area (Å²) in [5, 5.41) is 1.51. The zero-order chi connectivity index (χ0) is 24.5. The van der Waals surface area contributed by atoms with Crippen LogP contribution in [0.25, 0.3) is 15.9 Å². The second kappa shape index (κ2) is 10.1. The van der Waals surface area contributed by atoms with Gasteiger partial charge in [-0.2, -0.15) is 8.78 Å². The Kier molecular flexibility index (Phi) is 6.91. The lowest BCUT2D eigenvalue weighted by atomic mass is 9.97. The number of carbonyl (C=O) groups excluding carboxylic acids is 1. The molecule has 180 valence electrons. The van der Waals surface area contributed by atoms with Crippen LogP contribution in [0.4, 0.5) is 8.78 Å². The first-order chi connectivity index (χ1) is 16.9. The number of Topliss-reactive ketones (excluding diaryl/α,β-unsaturated/α-hetero) is 1. The normalized spacial score (nSPS) is 13.3. The number of aryl methyl sites for hydroxylation is 2. The van der Waals surface area contributed by atoms with Crippen LogP contribution in [-0.4, -0.2) is 27.7 Å². The Bertz CT molecular complexity index is 1450. The highest BCUT2D eigenvalue weighted by atomic mass is 35.5. The maximum absolute atomic E-state index is 13.8. The largest absolute Gasteiger partial charge is 0.435 e. The van der Waals surface area contributed by atoms with Crippen molar-refractivity contribution < 1.29 is 18.3 Å². The molecule has 0 amide bonds. The zero-order valence-electron chi connectivity index (χ0n) is 18.3. The predicted octanol–water partition coefficient (Wildman–Crippen LogP) is 6.56. The second-order valence-corrected chi connectivity index (χ2v) is 10.5. The van der Waals surface area contributed by atoms with Gasteiger partial charge in [-0.25, -0.2) is 4.98 Å². The molecule has 2 aromatic heterocycles. The number of hydrogen-bond donors (Lipinski definition) is 0. The maximum Gasteiger partial charge on any atom is 0.387 e. The van der Waals surface area contributed by atoms with Crippen LogP contribution >= 0.6 is 34.7 Å². The summed E-state index contributed by atoms with van der Waals surface area (Å²) in [6.07, 6.45) is 3.85. The van der Waals surface area contributed by atoms with Gasteiger partial charge in [-0.3, -0.25) is 14.2 Å². The van der Waals surface area contributed by atoms with Crippen molar-refractivity contribution in [3.63, 3.8) is 0 Å². The first-order valence-corrected chi connectivity index (χ1v) is 13.1. The summed E-state index contributed by atoms with van der Waals surface area (Å²) >= 11 is 8.62. The average Bonchev–Trinajstić information content (AvgIpc) is 3.22. The van der Waals surface area contributed by atoms with Crippen LogP contribution in [0, 0.1) is 0 Å². The van der Waals surface area contributed by atoms with Gasteiger partial charge >= 0.3 is 6.61 Å². The highest BCUT2D eigenvalue weighted by Gasteiger charge is 2.23.